The zero-order chi connectivity index (χ0) is 18.5. The number of nitrogens with one attached hydrogen (secondary N) is 1. The third-order valence-electron chi connectivity index (χ3n) is 3.78. The molecule has 0 saturated heterocycles. The second-order valence-corrected chi connectivity index (χ2v) is 6.16. The highest BCUT2D eigenvalue weighted by atomic mass is 127. The van der Waals surface area contributed by atoms with Crippen LogP contribution < -0.4 is 20.5 Å². The van der Waals surface area contributed by atoms with Gasteiger partial charge in [0.2, 0.25) is 0 Å². The summed E-state index contributed by atoms with van der Waals surface area (Å²) in [5, 5.41) is 13.0. The van der Waals surface area contributed by atoms with Crippen LogP contribution in [0.15, 0.2) is 41.4 Å². The topological polar surface area (TPSA) is 89.1 Å². The highest BCUT2D eigenvalue weighted by Gasteiger charge is 2.12. The Bertz CT molecular complexity index is 822. The summed E-state index contributed by atoms with van der Waals surface area (Å²) >= 11 is 5.63. The number of benzene rings is 2. The summed E-state index contributed by atoms with van der Waals surface area (Å²) in [7, 11) is 0. The molecule has 4 N–H and O–H groups in total. The van der Waals surface area contributed by atoms with Gasteiger partial charge in [-0.3, -0.25) is 4.99 Å². The van der Waals surface area contributed by atoms with Crippen molar-refractivity contribution in [2.45, 2.75) is 12.5 Å². The van der Waals surface area contributed by atoms with Gasteiger partial charge in [-0.1, -0.05) is 17.7 Å². The average molecular weight is 508 g/mol. The van der Waals surface area contributed by atoms with Crippen molar-refractivity contribution in [3.8, 4) is 11.5 Å². The van der Waals surface area contributed by atoms with Crippen LogP contribution in [0.1, 0.15) is 18.1 Å². The Morgan fingerprint density at radius 3 is 2.70 bits per heavy atom. The number of hydrogen-bond acceptors (Lipinski definition) is 4. The smallest absolute Gasteiger partial charge is 0.193 e. The van der Waals surface area contributed by atoms with Gasteiger partial charge in [-0.2, -0.15) is 0 Å². The van der Waals surface area contributed by atoms with E-state index in [-0.39, 0.29) is 41.5 Å². The SMILES string of the molecule is I.NC(=NCC(O)c1ccc(Cl)c(F)c1)Nc1ccc2c(c1)OCCCO2. The second-order valence-electron chi connectivity index (χ2n) is 5.75. The number of aliphatic hydroxyl groups is 1. The van der Waals surface area contributed by atoms with Crippen LogP contribution in [-0.4, -0.2) is 30.8 Å². The molecular weight excluding hydrogens is 488 g/mol. The standard InChI is InChI=1S/C18H19ClFN3O3.HI/c19-13-4-2-11(8-14(13)20)15(24)10-22-18(21)23-12-3-5-16-17(9-12)26-7-1-6-25-16;/h2-5,8-9,15,24H,1,6-7,10H2,(H3,21,22,23);1H. The number of guanidine groups is 1. The fourth-order valence-corrected chi connectivity index (χ4v) is 2.56. The van der Waals surface area contributed by atoms with E-state index in [0.717, 1.165) is 6.42 Å². The quantitative estimate of drug-likeness (QED) is 0.334. The normalized spacial score (nSPS) is 14.7. The molecule has 1 aliphatic rings. The molecular formula is C18H20ClFIN3O3. The predicted octanol–water partition coefficient (Wildman–Crippen LogP) is 3.72. The lowest BCUT2D eigenvalue weighted by Gasteiger charge is -2.12. The molecule has 1 atom stereocenters. The number of nitrogens with zero attached hydrogens (tertiary/aromatic N) is 1. The molecule has 0 spiro atoms. The number of fused-ring (bicyclic) bond motifs is 1. The summed E-state index contributed by atoms with van der Waals surface area (Å²) in [5.74, 6) is 0.846. The number of aliphatic hydroxyl groups excluding tert-OH is 1. The second kappa shape index (κ2) is 9.95. The van der Waals surface area contributed by atoms with Crippen LogP contribution in [0.2, 0.25) is 5.02 Å². The fraction of sp³-hybridized carbons (Fsp3) is 0.278. The van der Waals surface area contributed by atoms with Crippen LogP contribution in [-0.2, 0) is 0 Å². The minimum atomic E-state index is -0.995. The van der Waals surface area contributed by atoms with Crippen molar-refractivity contribution in [2.75, 3.05) is 25.1 Å². The van der Waals surface area contributed by atoms with E-state index >= 15 is 0 Å². The molecule has 0 aliphatic carbocycles. The summed E-state index contributed by atoms with van der Waals surface area (Å²) < 4.78 is 24.6. The summed E-state index contributed by atoms with van der Waals surface area (Å²) in [5.41, 5.74) is 6.91. The molecule has 0 bridgehead atoms. The molecule has 146 valence electrons. The van der Waals surface area contributed by atoms with Gasteiger partial charge >= 0.3 is 0 Å². The van der Waals surface area contributed by atoms with E-state index in [1.165, 1.54) is 12.1 Å². The third-order valence-corrected chi connectivity index (χ3v) is 4.09. The zero-order valence-corrected chi connectivity index (χ0v) is 17.4. The molecule has 2 aromatic rings. The number of anilines is 1. The van der Waals surface area contributed by atoms with Crippen LogP contribution >= 0.6 is 35.6 Å². The summed E-state index contributed by atoms with van der Waals surface area (Å²) in [6.45, 7) is 1.18. The third kappa shape index (κ3) is 5.85. The van der Waals surface area contributed by atoms with E-state index in [2.05, 4.69) is 10.3 Å². The molecule has 1 heterocycles. The minimum Gasteiger partial charge on any atom is -0.490 e. The number of halogens is 3. The number of ether oxygens (including phenoxy) is 2. The van der Waals surface area contributed by atoms with Crippen molar-refractivity contribution < 1.29 is 19.0 Å². The molecule has 0 aromatic heterocycles. The molecule has 9 heteroatoms. The van der Waals surface area contributed by atoms with Gasteiger partial charge in [-0.25, -0.2) is 4.39 Å². The first-order chi connectivity index (χ1) is 12.5. The first-order valence-electron chi connectivity index (χ1n) is 8.12. The predicted molar refractivity (Wildman–Crippen MR) is 114 cm³/mol. The Morgan fingerprint density at radius 2 is 1.96 bits per heavy atom. The molecule has 0 radical (unpaired) electrons. The molecule has 0 fully saturated rings. The van der Waals surface area contributed by atoms with E-state index < -0.39 is 11.9 Å². The van der Waals surface area contributed by atoms with E-state index in [0.29, 0.717) is 36.0 Å². The van der Waals surface area contributed by atoms with Crippen molar-refractivity contribution >= 4 is 47.2 Å². The van der Waals surface area contributed by atoms with Gasteiger partial charge in [0.05, 0.1) is 30.9 Å². The minimum absolute atomic E-state index is 0. The monoisotopic (exact) mass is 507 g/mol. The number of hydrogen-bond donors (Lipinski definition) is 3. The molecule has 1 unspecified atom stereocenters. The molecule has 2 aromatic carbocycles. The van der Waals surface area contributed by atoms with Crippen LogP contribution in [0.3, 0.4) is 0 Å². The summed E-state index contributed by atoms with van der Waals surface area (Å²) in [6, 6.07) is 9.46. The summed E-state index contributed by atoms with van der Waals surface area (Å²) in [6.07, 6.45) is -0.171. The number of nitrogens with two attached hydrogens (primary N) is 1. The molecule has 3 rings (SSSR count). The number of aliphatic imine (C=N–C) groups is 1. The van der Waals surface area contributed by atoms with Crippen LogP contribution in [0, 0.1) is 5.82 Å². The van der Waals surface area contributed by atoms with Gasteiger partial charge in [0, 0.05) is 18.2 Å². The Kier molecular flexibility index (Phi) is 7.93. The lowest BCUT2D eigenvalue weighted by Crippen LogP contribution is -2.23. The zero-order valence-electron chi connectivity index (χ0n) is 14.3. The van der Waals surface area contributed by atoms with Crippen LogP contribution in [0.5, 0.6) is 11.5 Å². The maximum Gasteiger partial charge on any atom is 0.193 e. The average Bonchev–Trinajstić information content (AvgIpc) is 2.87. The van der Waals surface area contributed by atoms with E-state index in [1.807, 2.05) is 0 Å². The molecule has 0 amide bonds. The van der Waals surface area contributed by atoms with Crippen LogP contribution in [0.4, 0.5) is 10.1 Å². The van der Waals surface area contributed by atoms with Crippen molar-refractivity contribution in [3.63, 3.8) is 0 Å². The highest BCUT2D eigenvalue weighted by Crippen LogP contribution is 2.32. The Balaban J connectivity index is 0.00000261. The van der Waals surface area contributed by atoms with Gasteiger partial charge in [-0.15, -0.1) is 24.0 Å². The van der Waals surface area contributed by atoms with Crippen molar-refractivity contribution in [1.29, 1.82) is 0 Å². The molecule has 1 aliphatic heterocycles. The van der Waals surface area contributed by atoms with E-state index in [4.69, 9.17) is 26.8 Å². The van der Waals surface area contributed by atoms with Gasteiger partial charge in [0.15, 0.2) is 17.5 Å². The van der Waals surface area contributed by atoms with Gasteiger partial charge in [0.25, 0.3) is 0 Å². The van der Waals surface area contributed by atoms with Crippen molar-refractivity contribution in [3.05, 3.63) is 52.8 Å². The lowest BCUT2D eigenvalue weighted by atomic mass is 10.1. The fourth-order valence-electron chi connectivity index (χ4n) is 2.44. The van der Waals surface area contributed by atoms with Gasteiger partial charge in [0.1, 0.15) is 5.82 Å². The van der Waals surface area contributed by atoms with Gasteiger partial charge in [-0.05, 0) is 29.8 Å². The summed E-state index contributed by atoms with van der Waals surface area (Å²) in [4.78, 5) is 4.08. The largest absolute Gasteiger partial charge is 0.490 e. The van der Waals surface area contributed by atoms with Crippen molar-refractivity contribution in [1.82, 2.24) is 0 Å². The Morgan fingerprint density at radius 1 is 1.22 bits per heavy atom. The maximum absolute atomic E-state index is 13.5. The maximum atomic E-state index is 13.5. The van der Waals surface area contributed by atoms with E-state index in [1.54, 1.807) is 24.3 Å². The Labute approximate surface area is 178 Å². The van der Waals surface area contributed by atoms with E-state index in [9.17, 15) is 9.50 Å². The van der Waals surface area contributed by atoms with Gasteiger partial charge < -0.3 is 25.6 Å². The first kappa shape index (κ1) is 21.5. The highest BCUT2D eigenvalue weighted by molar-refractivity contribution is 14.0. The molecule has 0 saturated carbocycles. The molecule has 6 nitrogen and oxygen atoms in total. The molecule has 27 heavy (non-hydrogen) atoms. The lowest BCUT2D eigenvalue weighted by molar-refractivity contribution is 0.187. The Hall–Kier alpha value is -1.78. The van der Waals surface area contributed by atoms with Crippen molar-refractivity contribution in [2.24, 2.45) is 10.7 Å². The van der Waals surface area contributed by atoms with Crippen LogP contribution in [0.25, 0.3) is 0 Å². The first-order valence-corrected chi connectivity index (χ1v) is 8.50. The number of rotatable bonds is 4.